The Morgan fingerprint density at radius 1 is 1.19 bits per heavy atom. The number of para-hydroxylation sites is 1. The Bertz CT molecular complexity index is 1380. The molecule has 1 aromatic carbocycles. The summed E-state index contributed by atoms with van der Waals surface area (Å²) in [6.07, 6.45) is 0.495. The Morgan fingerprint density at radius 3 is 2.68 bits per heavy atom. The molecule has 3 aromatic heterocycles. The number of hydrogen-bond acceptors (Lipinski definition) is 6. The maximum atomic E-state index is 13.3. The zero-order chi connectivity index (χ0) is 21.6. The molecule has 5 rings (SSSR count). The van der Waals surface area contributed by atoms with Crippen LogP contribution in [-0.4, -0.2) is 40.6 Å². The Morgan fingerprint density at radius 2 is 2.00 bits per heavy atom. The van der Waals surface area contributed by atoms with Gasteiger partial charge in [0.15, 0.2) is 15.5 Å². The smallest absolute Gasteiger partial charge is 0.256 e. The largest absolute Gasteiger partial charge is 0.322 e. The molecule has 4 heterocycles. The lowest BCUT2D eigenvalue weighted by Crippen LogP contribution is -2.15. The molecule has 31 heavy (non-hydrogen) atoms. The molecular weight excluding hydrogens is 432 g/mol. The summed E-state index contributed by atoms with van der Waals surface area (Å²) in [5, 5.41) is 10.2. The molecule has 1 aliphatic rings. The molecule has 1 saturated heterocycles. The molecule has 9 heteroatoms. The molecule has 0 unspecified atom stereocenters. The van der Waals surface area contributed by atoms with E-state index in [2.05, 4.69) is 10.4 Å². The number of carbonyl (C=O) groups is 1. The van der Waals surface area contributed by atoms with Crippen molar-refractivity contribution in [3.63, 3.8) is 0 Å². The second kappa shape index (κ2) is 7.58. The lowest BCUT2D eigenvalue weighted by atomic mass is 10.1. The van der Waals surface area contributed by atoms with Crippen LogP contribution in [0.2, 0.25) is 0 Å². The monoisotopic (exact) mass is 452 g/mol. The second-order valence-electron chi connectivity index (χ2n) is 7.64. The molecule has 1 amide bonds. The number of hydrogen-bond donors (Lipinski definition) is 1. The third kappa shape index (κ3) is 3.75. The van der Waals surface area contributed by atoms with Crippen molar-refractivity contribution in [1.29, 1.82) is 0 Å². The summed E-state index contributed by atoms with van der Waals surface area (Å²) in [7, 11) is -3.09. The number of pyridine rings is 1. The van der Waals surface area contributed by atoms with Gasteiger partial charge < -0.3 is 5.32 Å². The standard InChI is InChI=1S/C22H20N4O3S2/c1-14-20-17(22(27)23-15-6-3-2-4-7-15)12-18(19-8-5-10-30-19)24-21(20)26(25-14)16-9-11-31(28,29)13-16/h2-8,10,12,16H,9,11,13H2,1H3,(H,23,27)/t16-/m0/s1. The van der Waals surface area contributed by atoms with Gasteiger partial charge in [0.25, 0.3) is 5.91 Å². The molecular formula is C22H20N4O3S2. The van der Waals surface area contributed by atoms with E-state index in [0.717, 1.165) is 4.88 Å². The highest BCUT2D eigenvalue weighted by Crippen LogP contribution is 2.33. The van der Waals surface area contributed by atoms with Gasteiger partial charge in [-0.15, -0.1) is 11.3 Å². The van der Waals surface area contributed by atoms with Crippen LogP contribution in [0, 0.1) is 6.92 Å². The molecule has 0 radical (unpaired) electrons. The van der Waals surface area contributed by atoms with Gasteiger partial charge >= 0.3 is 0 Å². The number of nitrogens with zero attached hydrogens (tertiary/aromatic N) is 3. The van der Waals surface area contributed by atoms with Gasteiger partial charge in [0.2, 0.25) is 0 Å². The maximum absolute atomic E-state index is 13.3. The van der Waals surface area contributed by atoms with E-state index in [4.69, 9.17) is 4.98 Å². The number of thiophene rings is 1. The number of fused-ring (bicyclic) bond motifs is 1. The average molecular weight is 453 g/mol. The third-order valence-corrected chi connectivity index (χ3v) is 8.08. The van der Waals surface area contributed by atoms with Gasteiger partial charge in [0.1, 0.15) is 0 Å². The summed E-state index contributed by atoms with van der Waals surface area (Å²) in [6, 6.07) is 14.7. The first-order valence-corrected chi connectivity index (χ1v) is 12.6. The van der Waals surface area contributed by atoms with Gasteiger partial charge in [-0.3, -0.25) is 4.79 Å². The normalized spacial score (nSPS) is 17.8. The highest BCUT2D eigenvalue weighted by atomic mass is 32.2. The van der Waals surface area contributed by atoms with E-state index < -0.39 is 9.84 Å². The van der Waals surface area contributed by atoms with Gasteiger partial charge in [-0.2, -0.15) is 5.10 Å². The first kappa shape index (κ1) is 19.9. The summed E-state index contributed by atoms with van der Waals surface area (Å²) in [4.78, 5) is 19.0. The summed E-state index contributed by atoms with van der Waals surface area (Å²) in [6.45, 7) is 1.83. The molecule has 1 aliphatic heterocycles. The predicted molar refractivity (Wildman–Crippen MR) is 122 cm³/mol. The fourth-order valence-corrected chi connectivity index (χ4v) is 6.36. The van der Waals surface area contributed by atoms with Crippen molar-refractivity contribution in [3.05, 3.63) is 65.2 Å². The quantitative estimate of drug-likeness (QED) is 0.504. The number of rotatable bonds is 4. The molecule has 7 nitrogen and oxygen atoms in total. The zero-order valence-corrected chi connectivity index (χ0v) is 18.4. The van der Waals surface area contributed by atoms with Gasteiger partial charge in [0, 0.05) is 5.69 Å². The van der Waals surface area contributed by atoms with E-state index in [1.165, 1.54) is 11.3 Å². The van der Waals surface area contributed by atoms with Gasteiger partial charge in [-0.1, -0.05) is 24.3 Å². The van der Waals surface area contributed by atoms with E-state index in [9.17, 15) is 13.2 Å². The number of carbonyl (C=O) groups excluding carboxylic acids is 1. The molecule has 0 bridgehead atoms. The maximum Gasteiger partial charge on any atom is 0.256 e. The van der Waals surface area contributed by atoms with E-state index in [0.29, 0.717) is 40.1 Å². The van der Waals surface area contributed by atoms with Crippen molar-refractivity contribution in [2.45, 2.75) is 19.4 Å². The van der Waals surface area contributed by atoms with Crippen LogP contribution in [0.1, 0.15) is 28.5 Å². The van der Waals surface area contributed by atoms with Crippen molar-refractivity contribution in [3.8, 4) is 10.6 Å². The predicted octanol–water partition coefficient (Wildman–Crippen LogP) is 4.08. The molecule has 1 atom stereocenters. The van der Waals surface area contributed by atoms with Gasteiger partial charge in [-0.05, 0) is 43.0 Å². The minimum Gasteiger partial charge on any atom is -0.322 e. The SMILES string of the molecule is Cc1nn([C@H]2CCS(=O)(=O)C2)c2nc(-c3cccs3)cc(C(=O)Nc3ccccc3)c12. The van der Waals surface area contributed by atoms with E-state index >= 15 is 0 Å². The highest BCUT2D eigenvalue weighted by molar-refractivity contribution is 7.91. The van der Waals surface area contributed by atoms with Crippen LogP contribution in [0.25, 0.3) is 21.6 Å². The zero-order valence-electron chi connectivity index (χ0n) is 16.8. The topological polar surface area (TPSA) is 93.9 Å². The molecule has 1 N–H and O–H groups in total. The number of sulfone groups is 1. The lowest BCUT2D eigenvalue weighted by molar-refractivity contribution is 0.102. The Labute approximate surface area is 183 Å². The molecule has 0 aliphatic carbocycles. The summed E-state index contributed by atoms with van der Waals surface area (Å²) in [5.41, 5.74) is 3.04. The summed E-state index contributed by atoms with van der Waals surface area (Å²) >= 11 is 1.53. The second-order valence-corrected chi connectivity index (χ2v) is 10.8. The minimum atomic E-state index is -3.09. The highest BCUT2D eigenvalue weighted by Gasteiger charge is 2.32. The number of amides is 1. The Kier molecular flexibility index (Phi) is 4.86. The fraction of sp³-hybridized carbons (Fsp3) is 0.227. The van der Waals surface area contributed by atoms with E-state index in [1.54, 1.807) is 10.7 Å². The van der Waals surface area contributed by atoms with Crippen molar-refractivity contribution in [1.82, 2.24) is 14.8 Å². The third-order valence-electron chi connectivity index (χ3n) is 5.44. The first-order chi connectivity index (χ1) is 14.9. The van der Waals surface area contributed by atoms with Crippen LogP contribution < -0.4 is 5.32 Å². The Hall–Kier alpha value is -3.04. The van der Waals surface area contributed by atoms with Crippen LogP contribution in [0.15, 0.2) is 53.9 Å². The number of benzene rings is 1. The molecule has 4 aromatic rings. The van der Waals surface area contributed by atoms with Crippen molar-refractivity contribution < 1.29 is 13.2 Å². The number of anilines is 1. The van der Waals surface area contributed by atoms with Crippen molar-refractivity contribution >= 4 is 43.8 Å². The van der Waals surface area contributed by atoms with Crippen LogP contribution in [-0.2, 0) is 9.84 Å². The molecule has 158 valence electrons. The first-order valence-electron chi connectivity index (χ1n) is 9.92. The summed E-state index contributed by atoms with van der Waals surface area (Å²) < 4.78 is 25.8. The number of nitrogens with one attached hydrogen (secondary N) is 1. The molecule has 0 spiro atoms. The van der Waals surface area contributed by atoms with Crippen LogP contribution in [0.3, 0.4) is 0 Å². The van der Waals surface area contributed by atoms with Crippen LogP contribution >= 0.6 is 11.3 Å². The minimum absolute atomic E-state index is 0.0413. The van der Waals surface area contributed by atoms with E-state index in [-0.39, 0.29) is 23.5 Å². The van der Waals surface area contributed by atoms with Crippen molar-refractivity contribution in [2.75, 3.05) is 16.8 Å². The Balaban J connectivity index is 1.68. The average Bonchev–Trinajstić information content (AvgIpc) is 3.47. The molecule has 1 fully saturated rings. The molecule has 0 saturated carbocycles. The van der Waals surface area contributed by atoms with Gasteiger partial charge in [-0.25, -0.2) is 18.1 Å². The summed E-state index contributed by atoms with van der Waals surface area (Å²) in [5.74, 6) is -0.0675. The fourth-order valence-electron chi connectivity index (χ4n) is 3.99. The van der Waals surface area contributed by atoms with E-state index in [1.807, 2.05) is 54.8 Å². The van der Waals surface area contributed by atoms with Crippen LogP contribution in [0.5, 0.6) is 0 Å². The number of aryl methyl sites for hydroxylation is 1. The lowest BCUT2D eigenvalue weighted by Gasteiger charge is -2.12. The van der Waals surface area contributed by atoms with Gasteiger partial charge in [0.05, 0.1) is 44.8 Å². The number of aromatic nitrogens is 3. The van der Waals surface area contributed by atoms with Crippen LogP contribution in [0.4, 0.5) is 5.69 Å². The van der Waals surface area contributed by atoms with Crippen molar-refractivity contribution in [2.24, 2.45) is 0 Å².